The number of aliphatic carboxylic acids is 1. The SMILES string of the molecule is CC(C)(C)OC(=O)N1CC2(C1)C(=O)N(c1ccc(F)cc1F)CC(=O)N2Cc1ccc(Cl)cc1.O=C(O)C(F)(F)F.O=C1CN(c2ccc(F)cc2F)C(=O)C2(CNC2)N1Cc1ccc(Cl)cc1. The van der Waals surface area contributed by atoms with Gasteiger partial charge in [-0.3, -0.25) is 29.0 Å². The fraction of sp³-hybridized carbons (Fsp3) is 0.333. The number of alkyl halides is 3. The lowest BCUT2D eigenvalue weighted by atomic mass is 9.83. The molecule has 0 aliphatic carbocycles. The summed E-state index contributed by atoms with van der Waals surface area (Å²) in [7, 11) is 0. The first-order chi connectivity index (χ1) is 31.7. The molecule has 0 unspecified atom stereocenters. The van der Waals surface area contributed by atoms with Crippen LogP contribution in [0.3, 0.4) is 0 Å². The fourth-order valence-corrected chi connectivity index (χ4v) is 7.91. The van der Waals surface area contributed by atoms with Crippen molar-refractivity contribution in [1.29, 1.82) is 0 Å². The number of nitrogens with zero attached hydrogens (tertiary/aromatic N) is 5. The molecule has 0 aromatic heterocycles. The topological polar surface area (TPSA) is 160 Å². The van der Waals surface area contributed by atoms with Crippen LogP contribution in [0.25, 0.3) is 0 Å². The maximum Gasteiger partial charge on any atom is 0.490 e. The van der Waals surface area contributed by atoms with Crippen molar-refractivity contribution in [3.05, 3.63) is 129 Å². The zero-order chi connectivity index (χ0) is 50.1. The highest BCUT2D eigenvalue weighted by Crippen LogP contribution is 2.39. The van der Waals surface area contributed by atoms with Crippen LogP contribution in [0.15, 0.2) is 84.9 Å². The molecule has 2 N–H and O–H groups in total. The highest BCUT2D eigenvalue weighted by Gasteiger charge is 2.62. The third-order valence-electron chi connectivity index (χ3n) is 11.1. The molecule has 0 radical (unpaired) electrons. The molecule has 0 atom stereocenters. The van der Waals surface area contributed by atoms with Crippen molar-refractivity contribution in [2.75, 3.05) is 49.1 Å². The van der Waals surface area contributed by atoms with E-state index in [9.17, 15) is 54.7 Å². The Bertz CT molecular complexity index is 2610. The average molecular weight is 998 g/mol. The fourth-order valence-electron chi connectivity index (χ4n) is 7.66. The Morgan fingerprint density at radius 2 is 1.04 bits per heavy atom. The lowest BCUT2D eigenvalue weighted by molar-refractivity contribution is -0.192. The van der Waals surface area contributed by atoms with Crippen LogP contribution in [0.4, 0.5) is 46.9 Å². The number of likely N-dealkylation sites (tertiary alicyclic amines) is 1. The van der Waals surface area contributed by atoms with E-state index in [0.29, 0.717) is 22.2 Å². The van der Waals surface area contributed by atoms with Crippen LogP contribution < -0.4 is 15.1 Å². The van der Waals surface area contributed by atoms with Gasteiger partial charge < -0.3 is 29.9 Å². The number of anilines is 2. The molecular formula is C45H41Cl2F7N6O8. The molecule has 5 amide bonds. The molecule has 4 aromatic rings. The number of ether oxygens (including phenoxy) is 1. The van der Waals surface area contributed by atoms with Gasteiger partial charge in [-0.1, -0.05) is 47.5 Å². The number of piperazine rings is 2. The Kier molecular flexibility index (Phi) is 14.7. The molecule has 14 nitrogen and oxygen atoms in total. The number of halogens is 9. The molecule has 4 aromatic carbocycles. The van der Waals surface area contributed by atoms with Gasteiger partial charge in [0.15, 0.2) is 5.54 Å². The van der Waals surface area contributed by atoms with Gasteiger partial charge in [0.05, 0.1) is 24.5 Å². The number of hydrogen-bond acceptors (Lipinski definition) is 8. The van der Waals surface area contributed by atoms with Crippen molar-refractivity contribution in [2.24, 2.45) is 0 Å². The van der Waals surface area contributed by atoms with Gasteiger partial charge in [0.2, 0.25) is 11.8 Å². The molecule has 4 saturated heterocycles. The van der Waals surface area contributed by atoms with Crippen molar-refractivity contribution in [3.63, 3.8) is 0 Å². The standard InChI is InChI=1S/C24H24ClF2N3O4.C19H16ClF2N3O2.C2HF3O2/c1-23(2,3)34-22(33)28-13-24(14-28)21(32)29(19-9-8-17(26)10-18(19)27)12-20(31)30(24)11-15-4-6-16(25)7-5-15;20-13-3-1-12(2-4-13)8-25-17(26)9-24(18(27)19(25)10-23-11-19)16-6-5-14(21)7-15(16)22;3-2(4,5)1(6)7/h4-10H,11-14H2,1-3H3;1-7,23H,8-11H2;(H,6,7). The molecule has 4 aliphatic heterocycles. The van der Waals surface area contributed by atoms with E-state index in [1.54, 1.807) is 69.3 Å². The maximum absolute atomic E-state index is 14.5. The third-order valence-corrected chi connectivity index (χ3v) is 11.6. The van der Waals surface area contributed by atoms with E-state index in [1.807, 2.05) is 0 Å². The minimum atomic E-state index is -5.08. The van der Waals surface area contributed by atoms with E-state index < -0.39 is 76.5 Å². The summed E-state index contributed by atoms with van der Waals surface area (Å²) in [5.41, 5.74) is -1.93. The number of amides is 5. The number of carbonyl (C=O) groups is 6. The first kappa shape index (κ1) is 51.0. The van der Waals surface area contributed by atoms with Crippen LogP contribution in [0.1, 0.15) is 31.9 Å². The molecule has 362 valence electrons. The molecule has 0 bridgehead atoms. The van der Waals surface area contributed by atoms with Gasteiger partial charge >= 0.3 is 18.2 Å². The normalized spacial score (nSPS) is 17.5. The van der Waals surface area contributed by atoms with Crippen LogP contribution in [0.5, 0.6) is 0 Å². The summed E-state index contributed by atoms with van der Waals surface area (Å²) >= 11 is 11.9. The molecule has 2 spiro atoms. The van der Waals surface area contributed by atoms with Crippen molar-refractivity contribution < 1.29 is 69.3 Å². The Morgan fingerprint density at radius 1 is 0.662 bits per heavy atom. The quantitative estimate of drug-likeness (QED) is 0.195. The first-order valence-corrected chi connectivity index (χ1v) is 21.1. The average Bonchev–Trinajstić information content (AvgIpc) is 3.21. The third kappa shape index (κ3) is 10.9. The molecule has 23 heteroatoms. The Morgan fingerprint density at radius 3 is 1.38 bits per heavy atom. The zero-order valence-corrected chi connectivity index (χ0v) is 37.7. The Hall–Kier alpha value is -6.45. The van der Waals surface area contributed by atoms with Gasteiger partial charge in [-0.2, -0.15) is 13.2 Å². The van der Waals surface area contributed by atoms with Gasteiger partial charge in [-0.25, -0.2) is 27.2 Å². The van der Waals surface area contributed by atoms with E-state index in [4.69, 9.17) is 37.8 Å². The van der Waals surface area contributed by atoms with Gasteiger partial charge in [0.25, 0.3) is 11.8 Å². The summed E-state index contributed by atoms with van der Waals surface area (Å²) in [4.78, 5) is 80.9. The Balaban J connectivity index is 0.000000200. The number of hydrogen-bond donors (Lipinski definition) is 2. The summed E-state index contributed by atoms with van der Waals surface area (Å²) in [5, 5.41) is 11.3. The summed E-state index contributed by atoms with van der Waals surface area (Å²) in [6.45, 7) is 5.16. The van der Waals surface area contributed by atoms with Crippen LogP contribution in [-0.2, 0) is 41.8 Å². The number of carbonyl (C=O) groups excluding carboxylic acids is 5. The van der Waals surface area contributed by atoms with Crippen molar-refractivity contribution in [1.82, 2.24) is 20.0 Å². The van der Waals surface area contributed by atoms with Crippen LogP contribution in [0, 0.1) is 23.3 Å². The van der Waals surface area contributed by atoms with Crippen molar-refractivity contribution in [2.45, 2.75) is 56.7 Å². The molecule has 4 aliphatic rings. The first-order valence-electron chi connectivity index (χ1n) is 20.4. The highest BCUT2D eigenvalue weighted by molar-refractivity contribution is 6.30. The van der Waals surface area contributed by atoms with E-state index in [0.717, 1.165) is 39.1 Å². The smallest absolute Gasteiger partial charge is 0.475 e. The molecule has 4 fully saturated rings. The number of nitrogens with one attached hydrogen (secondary N) is 1. The maximum atomic E-state index is 14.5. The van der Waals surface area contributed by atoms with Crippen LogP contribution in [-0.4, -0.2) is 118 Å². The summed E-state index contributed by atoms with van der Waals surface area (Å²) in [5.74, 6) is -7.76. The predicted octanol–water partition coefficient (Wildman–Crippen LogP) is 6.95. The number of carboxylic acid groups (broad SMARTS) is 1. The lowest BCUT2D eigenvalue weighted by Gasteiger charge is -2.57. The van der Waals surface area contributed by atoms with Gasteiger partial charge in [-0.15, -0.1) is 0 Å². The highest BCUT2D eigenvalue weighted by atomic mass is 35.5. The van der Waals surface area contributed by atoms with Gasteiger partial charge in [0, 0.05) is 48.4 Å². The number of carboxylic acids is 1. The van der Waals surface area contributed by atoms with Gasteiger partial charge in [0.1, 0.15) is 47.5 Å². The summed E-state index contributed by atoms with van der Waals surface area (Å²) < 4.78 is 92.5. The Labute approximate surface area is 393 Å². The number of benzene rings is 4. The molecule has 8 rings (SSSR count). The van der Waals surface area contributed by atoms with E-state index >= 15 is 0 Å². The van der Waals surface area contributed by atoms with E-state index in [1.165, 1.54) is 20.8 Å². The minimum absolute atomic E-state index is 0.0906. The lowest BCUT2D eigenvalue weighted by Crippen LogP contribution is -2.81. The molecule has 0 saturated carbocycles. The zero-order valence-electron chi connectivity index (χ0n) is 36.2. The largest absolute Gasteiger partial charge is 0.490 e. The molecule has 4 heterocycles. The minimum Gasteiger partial charge on any atom is -0.475 e. The second kappa shape index (κ2) is 19.6. The monoisotopic (exact) mass is 996 g/mol. The van der Waals surface area contributed by atoms with Crippen molar-refractivity contribution >= 4 is 70.3 Å². The van der Waals surface area contributed by atoms with E-state index in [-0.39, 0.29) is 69.0 Å². The second-order valence-electron chi connectivity index (χ2n) is 17.0. The molecular weight excluding hydrogens is 956 g/mol. The van der Waals surface area contributed by atoms with Crippen LogP contribution in [0.2, 0.25) is 10.0 Å². The second-order valence-corrected chi connectivity index (χ2v) is 17.9. The summed E-state index contributed by atoms with van der Waals surface area (Å²) in [6.07, 6.45) is -5.70. The van der Waals surface area contributed by atoms with Crippen LogP contribution >= 0.6 is 23.2 Å². The van der Waals surface area contributed by atoms with E-state index in [2.05, 4.69) is 5.32 Å². The summed E-state index contributed by atoms with van der Waals surface area (Å²) in [6, 6.07) is 19.6. The number of rotatable bonds is 6. The van der Waals surface area contributed by atoms with Crippen molar-refractivity contribution in [3.8, 4) is 0 Å². The predicted molar refractivity (Wildman–Crippen MR) is 231 cm³/mol. The van der Waals surface area contributed by atoms with Gasteiger partial charge in [-0.05, 0) is 80.4 Å². The molecule has 68 heavy (non-hydrogen) atoms.